The van der Waals surface area contributed by atoms with Crippen LogP contribution in [0.4, 0.5) is 5.69 Å². The lowest BCUT2D eigenvalue weighted by atomic mass is 10.0. The van der Waals surface area contributed by atoms with Crippen molar-refractivity contribution in [2.45, 2.75) is 12.8 Å². The van der Waals surface area contributed by atoms with Crippen molar-refractivity contribution in [1.29, 1.82) is 0 Å². The number of rotatable bonds is 2. The summed E-state index contributed by atoms with van der Waals surface area (Å²) in [7, 11) is 0. The van der Waals surface area contributed by atoms with Gasteiger partial charge < -0.3 is 20.7 Å². The number of aliphatic hydroxyl groups is 1. The van der Waals surface area contributed by atoms with Crippen molar-refractivity contribution in [1.82, 2.24) is 10.3 Å². The molecule has 8 heteroatoms. The molecule has 6 nitrogen and oxygen atoms in total. The van der Waals surface area contributed by atoms with Crippen LogP contribution in [0.15, 0.2) is 6.07 Å². The number of nitrogens with one attached hydrogen (secondary N) is 3. The molecular weight excluding hydrogens is 329 g/mol. The Balaban J connectivity index is 2.26. The molecule has 0 saturated heterocycles. The number of fused-ring (bicyclic) bond motifs is 3. The summed E-state index contributed by atoms with van der Waals surface area (Å²) in [4.78, 5) is 26.5. The van der Waals surface area contributed by atoms with Crippen molar-refractivity contribution < 1.29 is 14.7 Å². The molecule has 1 aromatic heterocycles. The molecule has 0 radical (unpaired) electrons. The zero-order valence-corrected chi connectivity index (χ0v) is 12.9. The van der Waals surface area contributed by atoms with Gasteiger partial charge in [0, 0.05) is 24.0 Å². The summed E-state index contributed by atoms with van der Waals surface area (Å²) < 4.78 is 0. The van der Waals surface area contributed by atoms with Crippen LogP contribution in [0.2, 0.25) is 10.0 Å². The van der Waals surface area contributed by atoms with Crippen LogP contribution in [-0.2, 0) is 22.4 Å². The molecule has 0 spiro atoms. The lowest BCUT2D eigenvalue weighted by Crippen LogP contribution is -2.24. The Bertz CT molecular complexity index is 785. The summed E-state index contributed by atoms with van der Waals surface area (Å²) in [5.74, 6) is -0.655. The van der Waals surface area contributed by atoms with E-state index in [1.54, 1.807) is 0 Å². The number of aromatic nitrogens is 1. The van der Waals surface area contributed by atoms with Gasteiger partial charge in [0.1, 0.15) is 6.61 Å². The maximum atomic E-state index is 11.8. The SMILES string of the molecule is O=C1Cc2c([nH]c3c(Cl)c(Cl)cc(NC(=O)CO)c23)CCN1. The van der Waals surface area contributed by atoms with E-state index >= 15 is 0 Å². The first kappa shape index (κ1) is 15.1. The smallest absolute Gasteiger partial charge is 0.250 e. The maximum absolute atomic E-state index is 11.8. The number of hydrogen-bond donors (Lipinski definition) is 4. The number of carbonyl (C=O) groups excluding carboxylic acids is 2. The number of anilines is 1. The van der Waals surface area contributed by atoms with Crippen molar-refractivity contribution in [2.75, 3.05) is 18.5 Å². The second-order valence-electron chi connectivity index (χ2n) is 5.04. The number of benzene rings is 1. The van der Waals surface area contributed by atoms with Gasteiger partial charge in [0.05, 0.1) is 27.7 Å². The number of amides is 2. The average molecular weight is 342 g/mol. The second kappa shape index (κ2) is 5.79. The van der Waals surface area contributed by atoms with Gasteiger partial charge in [-0.05, 0) is 11.6 Å². The molecule has 2 heterocycles. The molecule has 1 aliphatic heterocycles. The number of halogens is 2. The summed E-state index contributed by atoms with van der Waals surface area (Å²) in [5.41, 5.74) is 2.69. The Labute approximate surface area is 135 Å². The van der Waals surface area contributed by atoms with E-state index in [0.717, 1.165) is 11.3 Å². The Kier molecular flexibility index (Phi) is 3.99. The fraction of sp³-hybridized carbons (Fsp3) is 0.286. The molecule has 1 aromatic carbocycles. The molecule has 3 rings (SSSR count). The van der Waals surface area contributed by atoms with E-state index in [0.29, 0.717) is 34.6 Å². The van der Waals surface area contributed by atoms with Gasteiger partial charge in [-0.3, -0.25) is 9.59 Å². The van der Waals surface area contributed by atoms with E-state index in [1.807, 2.05) is 0 Å². The van der Waals surface area contributed by atoms with Crippen molar-refractivity contribution in [2.24, 2.45) is 0 Å². The number of H-pyrrole nitrogens is 1. The van der Waals surface area contributed by atoms with E-state index < -0.39 is 12.5 Å². The zero-order valence-electron chi connectivity index (χ0n) is 11.4. The van der Waals surface area contributed by atoms with E-state index in [-0.39, 0.29) is 17.4 Å². The fourth-order valence-electron chi connectivity index (χ4n) is 2.68. The summed E-state index contributed by atoms with van der Waals surface area (Å²) in [6.45, 7) is -0.114. The minimum absolute atomic E-state index is 0.0924. The minimum atomic E-state index is -0.644. The molecule has 116 valence electrons. The van der Waals surface area contributed by atoms with Gasteiger partial charge in [-0.2, -0.15) is 0 Å². The van der Waals surface area contributed by atoms with Gasteiger partial charge in [0.2, 0.25) is 11.8 Å². The number of carbonyl (C=O) groups is 2. The highest BCUT2D eigenvalue weighted by Crippen LogP contribution is 2.39. The van der Waals surface area contributed by atoms with Crippen LogP contribution in [0, 0.1) is 0 Å². The number of aliphatic hydroxyl groups excluding tert-OH is 1. The molecule has 2 amide bonds. The highest BCUT2D eigenvalue weighted by Gasteiger charge is 2.23. The summed E-state index contributed by atoms with van der Waals surface area (Å²) in [5, 5.41) is 15.6. The van der Waals surface area contributed by atoms with E-state index in [9.17, 15) is 9.59 Å². The normalized spacial score (nSPS) is 14.4. The molecule has 4 N–H and O–H groups in total. The Morgan fingerprint density at radius 2 is 2.18 bits per heavy atom. The first-order valence-electron chi connectivity index (χ1n) is 6.70. The molecule has 1 aliphatic rings. The third-order valence-electron chi connectivity index (χ3n) is 3.61. The van der Waals surface area contributed by atoms with Gasteiger partial charge in [-0.15, -0.1) is 0 Å². The van der Waals surface area contributed by atoms with E-state index in [2.05, 4.69) is 15.6 Å². The molecular formula is C14H13Cl2N3O3. The molecule has 0 saturated carbocycles. The zero-order chi connectivity index (χ0) is 15.9. The van der Waals surface area contributed by atoms with Gasteiger partial charge >= 0.3 is 0 Å². The van der Waals surface area contributed by atoms with Gasteiger partial charge in [0.25, 0.3) is 0 Å². The lowest BCUT2D eigenvalue weighted by Gasteiger charge is -2.09. The Morgan fingerprint density at radius 3 is 2.91 bits per heavy atom. The average Bonchev–Trinajstić information content (AvgIpc) is 2.73. The van der Waals surface area contributed by atoms with Crippen molar-refractivity contribution in [3.05, 3.63) is 27.4 Å². The summed E-state index contributed by atoms with van der Waals surface area (Å²) in [6, 6.07) is 1.52. The summed E-state index contributed by atoms with van der Waals surface area (Å²) in [6.07, 6.45) is 0.826. The standard InChI is InChI=1S/C14H13Cl2N3O3/c15-7-4-9(18-11(22)5-20)12-6-3-10(21)17-2-1-8(6)19-14(12)13(7)16/h4,19-20H,1-3,5H2,(H,17,21)(H,18,22). The minimum Gasteiger partial charge on any atom is -0.387 e. The summed E-state index contributed by atoms with van der Waals surface area (Å²) >= 11 is 12.3. The van der Waals surface area contributed by atoms with Crippen LogP contribution in [0.5, 0.6) is 0 Å². The van der Waals surface area contributed by atoms with Gasteiger partial charge in [0.15, 0.2) is 0 Å². The predicted octanol–water partition coefficient (Wildman–Crippen LogP) is 1.62. The third-order valence-corrected chi connectivity index (χ3v) is 4.40. The first-order chi connectivity index (χ1) is 10.5. The van der Waals surface area contributed by atoms with E-state index in [4.69, 9.17) is 28.3 Å². The molecule has 0 aliphatic carbocycles. The van der Waals surface area contributed by atoms with Crippen LogP contribution in [0.3, 0.4) is 0 Å². The highest BCUT2D eigenvalue weighted by atomic mass is 35.5. The second-order valence-corrected chi connectivity index (χ2v) is 5.82. The molecule has 2 aromatic rings. The van der Waals surface area contributed by atoms with Gasteiger partial charge in [-0.25, -0.2) is 0 Å². The van der Waals surface area contributed by atoms with Crippen LogP contribution < -0.4 is 10.6 Å². The fourth-order valence-corrected chi connectivity index (χ4v) is 3.08. The Morgan fingerprint density at radius 1 is 1.41 bits per heavy atom. The monoisotopic (exact) mass is 341 g/mol. The number of aromatic amines is 1. The molecule has 0 fully saturated rings. The van der Waals surface area contributed by atoms with Gasteiger partial charge in [-0.1, -0.05) is 23.2 Å². The van der Waals surface area contributed by atoms with Crippen molar-refractivity contribution >= 4 is 51.6 Å². The van der Waals surface area contributed by atoms with Crippen molar-refractivity contribution in [3.8, 4) is 0 Å². The molecule has 0 bridgehead atoms. The molecule has 0 atom stereocenters. The maximum Gasteiger partial charge on any atom is 0.250 e. The third kappa shape index (κ3) is 2.54. The lowest BCUT2D eigenvalue weighted by molar-refractivity contribution is -0.120. The molecule has 0 unspecified atom stereocenters. The predicted molar refractivity (Wildman–Crippen MR) is 84.5 cm³/mol. The largest absolute Gasteiger partial charge is 0.387 e. The van der Waals surface area contributed by atoms with Crippen LogP contribution in [0.25, 0.3) is 10.9 Å². The van der Waals surface area contributed by atoms with Crippen LogP contribution in [-0.4, -0.2) is 35.1 Å². The van der Waals surface area contributed by atoms with Crippen LogP contribution >= 0.6 is 23.2 Å². The Hall–Kier alpha value is -1.76. The first-order valence-corrected chi connectivity index (χ1v) is 7.45. The van der Waals surface area contributed by atoms with E-state index in [1.165, 1.54) is 6.07 Å². The number of hydrogen-bond acceptors (Lipinski definition) is 3. The van der Waals surface area contributed by atoms with Crippen molar-refractivity contribution in [3.63, 3.8) is 0 Å². The quantitative estimate of drug-likeness (QED) is 0.668. The highest BCUT2D eigenvalue weighted by molar-refractivity contribution is 6.45. The van der Waals surface area contributed by atoms with Crippen LogP contribution in [0.1, 0.15) is 11.3 Å². The topological polar surface area (TPSA) is 94.2 Å². The molecule has 22 heavy (non-hydrogen) atoms.